The summed E-state index contributed by atoms with van der Waals surface area (Å²) in [5, 5.41) is 12.8. The van der Waals surface area contributed by atoms with Gasteiger partial charge in [0.15, 0.2) is 5.69 Å². The zero-order chi connectivity index (χ0) is 22.9. The van der Waals surface area contributed by atoms with Crippen LogP contribution in [-0.4, -0.2) is 81.9 Å². The average molecular weight is 454 g/mol. The predicted octanol–water partition coefficient (Wildman–Crippen LogP) is 3.13. The molecule has 2 aliphatic heterocycles. The first-order valence-electron chi connectivity index (χ1n) is 10.5. The molecule has 8 nitrogen and oxygen atoms in total. The minimum atomic E-state index is -4.65. The van der Waals surface area contributed by atoms with Crippen LogP contribution in [0.15, 0.2) is 36.1 Å². The maximum Gasteiger partial charge on any atom is 0.523 e. The summed E-state index contributed by atoms with van der Waals surface area (Å²) in [5.41, 5.74) is 0.826. The van der Waals surface area contributed by atoms with Gasteiger partial charge in [-0.15, -0.1) is 13.2 Å². The lowest BCUT2D eigenvalue weighted by molar-refractivity contribution is -0.336. The van der Waals surface area contributed by atoms with E-state index in [2.05, 4.69) is 14.7 Å². The molecule has 11 heteroatoms. The van der Waals surface area contributed by atoms with E-state index in [1.807, 2.05) is 6.08 Å². The summed E-state index contributed by atoms with van der Waals surface area (Å²) in [6.07, 6.45) is 3.48. The van der Waals surface area contributed by atoms with Crippen molar-refractivity contribution in [3.05, 3.63) is 41.8 Å². The fraction of sp³-hybridized carbons (Fsp3) is 0.571. The average Bonchev–Trinajstić information content (AvgIpc) is 3.35. The molecule has 1 aliphatic carbocycles. The van der Waals surface area contributed by atoms with Gasteiger partial charge in [-0.1, -0.05) is 23.8 Å². The van der Waals surface area contributed by atoms with Crippen molar-refractivity contribution >= 4 is 12.0 Å². The molecule has 1 unspecified atom stereocenters. The highest BCUT2D eigenvalue weighted by atomic mass is 19.4. The van der Waals surface area contributed by atoms with Gasteiger partial charge < -0.3 is 10.0 Å². The van der Waals surface area contributed by atoms with Crippen LogP contribution in [0.4, 0.5) is 18.0 Å². The van der Waals surface area contributed by atoms with E-state index >= 15 is 0 Å². The minimum Gasteiger partial charge on any atom is -0.476 e. The summed E-state index contributed by atoms with van der Waals surface area (Å²) in [7, 11) is 0. The van der Waals surface area contributed by atoms with Crippen molar-refractivity contribution in [1.29, 1.82) is 0 Å². The first-order chi connectivity index (χ1) is 15.1. The molecule has 32 heavy (non-hydrogen) atoms. The van der Waals surface area contributed by atoms with Gasteiger partial charge in [0.05, 0.1) is 6.10 Å². The summed E-state index contributed by atoms with van der Waals surface area (Å²) in [4.78, 5) is 27.5. The normalized spacial score (nSPS) is 23.5. The molecule has 3 aliphatic rings. The van der Waals surface area contributed by atoms with E-state index in [4.69, 9.17) is 5.11 Å². The first-order valence-corrected chi connectivity index (χ1v) is 10.5. The van der Waals surface area contributed by atoms with E-state index in [0.717, 1.165) is 42.6 Å². The summed E-state index contributed by atoms with van der Waals surface area (Å²) in [6.45, 7) is 3.42. The first kappa shape index (κ1) is 22.5. The van der Waals surface area contributed by atoms with E-state index in [-0.39, 0.29) is 23.6 Å². The van der Waals surface area contributed by atoms with Crippen LogP contribution in [0.1, 0.15) is 36.2 Å². The van der Waals surface area contributed by atoms with Gasteiger partial charge in [-0.2, -0.15) is 9.78 Å². The second kappa shape index (κ2) is 8.70. The number of hydrogen-bond acceptors (Lipinski definition) is 5. The molecule has 1 aromatic heterocycles. The molecule has 4 rings (SSSR count). The third-order valence-electron chi connectivity index (χ3n) is 6.45. The van der Waals surface area contributed by atoms with Crippen LogP contribution in [0, 0.1) is 5.41 Å². The highest BCUT2D eigenvalue weighted by molar-refractivity contribution is 5.86. The van der Waals surface area contributed by atoms with E-state index in [1.54, 1.807) is 11.0 Å². The fourth-order valence-electron chi connectivity index (χ4n) is 4.80. The Kier molecular flexibility index (Phi) is 6.13. The molecule has 0 saturated carbocycles. The molecule has 2 fully saturated rings. The maximum atomic E-state index is 12.6. The van der Waals surface area contributed by atoms with Crippen molar-refractivity contribution < 1.29 is 32.6 Å². The van der Waals surface area contributed by atoms with Gasteiger partial charge in [-0.25, -0.2) is 9.59 Å². The molecule has 1 atom stereocenters. The van der Waals surface area contributed by atoms with Gasteiger partial charge in [-0.3, -0.25) is 9.64 Å². The van der Waals surface area contributed by atoms with Crippen LogP contribution in [0.3, 0.4) is 0 Å². The molecule has 1 amide bonds. The van der Waals surface area contributed by atoms with Crippen LogP contribution >= 0.6 is 0 Å². The largest absolute Gasteiger partial charge is 0.523 e. The number of alkyl halides is 3. The molecule has 1 aromatic rings. The second-order valence-electron chi connectivity index (χ2n) is 8.70. The van der Waals surface area contributed by atoms with Gasteiger partial charge in [-0.05, 0) is 37.3 Å². The number of halogens is 3. The van der Waals surface area contributed by atoms with E-state index < -0.39 is 18.4 Å². The number of aromatic carboxylic acids is 1. The molecule has 1 spiro atoms. The van der Waals surface area contributed by atoms with Crippen molar-refractivity contribution in [3.63, 3.8) is 0 Å². The number of ether oxygens (including phenoxy) is 1. The number of likely N-dealkylation sites (tertiary alicyclic amines) is 2. The molecular formula is C21H25F3N4O4. The Hall–Kier alpha value is -2.66. The Bertz CT molecular complexity index is 932. The van der Waals surface area contributed by atoms with Crippen LogP contribution < -0.4 is 0 Å². The quantitative estimate of drug-likeness (QED) is 0.752. The summed E-state index contributed by atoms with van der Waals surface area (Å²) >= 11 is 0. The number of aromatic nitrogens is 2. The van der Waals surface area contributed by atoms with E-state index in [0.29, 0.717) is 19.6 Å². The Labute approximate surface area is 182 Å². The van der Waals surface area contributed by atoms with Gasteiger partial charge in [0.25, 0.3) is 0 Å². The van der Waals surface area contributed by atoms with E-state index in [9.17, 15) is 22.8 Å². The molecular weight excluding hydrogens is 429 g/mol. The standard InChI is InChI=1S/C21H25F3N4O4/c22-21(23,24)32-16-3-1-2-15(12-16)13-26-9-5-20(14-26)6-10-27(11-7-20)19(31)28-8-4-17(25-28)18(29)30/h1-4,8,16H,5-7,9-14H2,(H,29,30). The Morgan fingerprint density at radius 1 is 1.22 bits per heavy atom. The summed E-state index contributed by atoms with van der Waals surface area (Å²) in [5.74, 6) is -1.18. The number of rotatable bonds is 4. The molecule has 0 aromatic carbocycles. The third-order valence-corrected chi connectivity index (χ3v) is 6.45. The van der Waals surface area contributed by atoms with Crippen LogP contribution in [0.5, 0.6) is 0 Å². The smallest absolute Gasteiger partial charge is 0.476 e. The lowest BCUT2D eigenvalue weighted by atomic mass is 9.78. The van der Waals surface area contributed by atoms with Crippen molar-refractivity contribution in [2.24, 2.45) is 5.41 Å². The Morgan fingerprint density at radius 2 is 1.94 bits per heavy atom. The maximum absolute atomic E-state index is 12.6. The second-order valence-corrected chi connectivity index (χ2v) is 8.70. The van der Waals surface area contributed by atoms with Crippen LogP contribution in [0.25, 0.3) is 0 Å². The number of amides is 1. The van der Waals surface area contributed by atoms with Crippen LogP contribution in [0.2, 0.25) is 0 Å². The molecule has 174 valence electrons. The predicted molar refractivity (Wildman–Crippen MR) is 107 cm³/mol. The van der Waals surface area contributed by atoms with Gasteiger partial charge in [0, 0.05) is 38.8 Å². The molecule has 3 heterocycles. The fourth-order valence-corrected chi connectivity index (χ4v) is 4.80. The number of piperidine rings is 1. The van der Waals surface area contributed by atoms with Gasteiger partial charge in [0.2, 0.25) is 0 Å². The van der Waals surface area contributed by atoms with Gasteiger partial charge >= 0.3 is 18.4 Å². The third kappa shape index (κ3) is 5.21. The van der Waals surface area contributed by atoms with Crippen molar-refractivity contribution in [3.8, 4) is 0 Å². The number of carboxylic acids is 1. The highest BCUT2D eigenvalue weighted by Gasteiger charge is 2.42. The monoisotopic (exact) mass is 454 g/mol. The van der Waals surface area contributed by atoms with Crippen molar-refractivity contribution in [2.45, 2.75) is 38.1 Å². The zero-order valence-corrected chi connectivity index (χ0v) is 17.4. The minimum absolute atomic E-state index is 0.0834. The molecule has 1 N–H and O–H groups in total. The number of carbonyl (C=O) groups excluding carboxylic acids is 1. The highest BCUT2D eigenvalue weighted by Crippen LogP contribution is 2.41. The topological polar surface area (TPSA) is 87.9 Å². The number of carbonyl (C=O) groups is 2. The molecule has 0 bridgehead atoms. The summed E-state index contributed by atoms with van der Waals surface area (Å²) < 4.78 is 42.7. The SMILES string of the molecule is O=C(O)c1ccn(C(=O)N2CCC3(CCN(CC4=CC=CC(OC(F)(F)F)C4)C3)CC2)n1. The van der Waals surface area contributed by atoms with Crippen molar-refractivity contribution in [1.82, 2.24) is 19.6 Å². The molecule has 2 saturated heterocycles. The van der Waals surface area contributed by atoms with Crippen molar-refractivity contribution in [2.75, 3.05) is 32.7 Å². The van der Waals surface area contributed by atoms with Crippen LogP contribution in [-0.2, 0) is 4.74 Å². The number of hydrogen-bond donors (Lipinski definition) is 1. The Balaban J connectivity index is 1.27. The molecule has 0 radical (unpaired) electrons. The number of nitrogens with zero attached hydrogens (tertiary/aromatic N) is 4. The lowest BCUT2D eigenvalue weighted by Gasteiger charge is -2.39. The Morgan fingerprint density at radius 3 is 2.59 bits per heavy atom. The number of allylic oxidation sites excluding steroid dienone is 2. The lowest BCUT2D eigenvalue weighted by Crippen LogP contribution is -2.46. The summed E-state index contributed by atoms with van der Waals surface area (Å²) in [6, 6.07) is 0.956. The van der Waals surface area contributed by atoms with Gasteiger partial charge in [0.1, 0.15) is 0 Å². The zero-order valence-electron chi connectivity index (χ0n) is 17.4. The number of carboxylic acid groups (broad SMARTS) is 1. The van der Waals surface area contributed by atoms with E-state index in [1.165, 1.54) is 18.3 Å².